The minimum atomic E-state index is -2.32. The molecule has 0 fully saturated rings. The Morgan fingerprint density at radius 3 is 1.90 bits per heavy atom. The van der Waals surface area contributed by atoms with Crippen LogP contribution in [-0.4, -0.2) is 9.97 Å². The zero-order valence-electron chi connectivity index (χ0n) is 31.7. The van der Waals surface area contributed by atoms with Gasteiger partial charge in [-0.1, -0.05) is 121 Å². The van der Waals surface area contributed by atoms with Crippen LogP contribution < -0.4 is 0 Å². The summed E-state index contributed by atoms with van der Waals surface area (Å²) in [5.41, 5.74) is 14.2. The first kappa shape index (κ1) is 26.4. The summed E-state index contributed by atoms with van der Waals surface area (Å²) in [6.45, 7) is 1.93. The molecule has 0 bridgehead atoms. The van der Waals surface area contributed by atoms with E-state index in [1.165, 1.54) is 41.5 Å². The van der Waals surface area contributed by atoms with Crippen molar-refractivity contribution >= 4 is 0 Å². The number of benzene rings is 5. The number of hydrogen-bond acceptors (Lipinski definition) is 2. The summed E-state index contributed by atoms with van der Waals surface area (Å²) in [6.07, 6.45) is 3.84. The third kappa shape index (κ3) is 6.87. The van der Waals surface area contributed by atoms with Gasteiger partial charge in [-0.2, -0.15) is 0 Å². The van der Waals surface area contributed by atoms with E-state index in [4.69, 9.17) is 7.73 Å². The lowest BCUT2D eigenvalue weighted by molar-refractivity contribution is 0.686. The SMILES string of the molecule is [2H]C([2H])(c1ccc(-c2ccccn2)cc1)C([2H])([2H])c1cc(C)cc(-c2ccccc2-c2ccc(-c3cc(-c4ccc5c(c4)CCCC5)ccn3)cc2)c1. The Morgan fingerprint density at radius 2 is 1.10 bits per heavy atom. The van der Waals surface area contributed by atoms with Gasteiger partial charge in [0.05, 0.1) is 11.4 Å². The van der Waals surface area contributed by atoms with Gasteiger partial charge in [0, 0.05) is 29.0 Å². The molecule has 0 aliphatic heterocycles. The number of nitrogens with zero attached hydrogens (tertiary/aromatic N) is 2. The Balaban J connectivity index is 1.08. The average Bonchev–Trinajstić information content (AvgIpc) is 3.21. The molecule has 0 amide bonds. The quantitative estimate of drug-likeness (QED) is 0.166. The second-order valence-electron chi connectivity index (χ2n) is 12.9. The lowest BCUT2D eigenvalue weighted by Gasteiger charge is -2.17. The lowest BCUT2D eigenvalue weighted by atomic mass is 9.89. The Hall–Kier alpha value is -5.60. The van der Waals surface area contributed by atoms with Crippen LogP contribution in [0.3, 0.4) is 0 Å². The summed E-state index contributed by atoms with van der Waals surface area (Å²) in [5.74, 6) is 0. The highest BCUT2D eigenvalue weighted by atomic mass is 14.7. The zero-order chi connectivity index (χ0) is 36.6. The zero-order valence-corrected chi connectivity index (χ0v) is 27.7. The minimum Gasteiger partial charge on any atom is -0.256 e. The van der Waals surface area contributed by atoms with Crippen molar-refractivity contribution in [2.24, 2.45) is 0 Å². The molecule has 2 nitrogen and oxygen atoms in total. The largest absolute Gasteiger partial charge is 0.256 e. The van der Waals surface area contributed by atoms with Gasteiger partial charge in [-0.05, 0) is 125 Å². The topological polar surface area (TPSA) is 25.8 Å². The van der Waals surface area contributed by atoms with Crippen LogP contribution in [-0.2, 0) is 25.6 Å². The molecule has 2 heteroatoms. The first-order valence-corrected chi connectivity index (χ1v) is 17.1. The van der Waals surface area contributed by atoms with Crippen molar-refractivity contribution in [2.75, 3.05) is 0 Å². The second-order valence-corrected chi connectivity index (χ2v) is 12.9. The van der Waals surface area contributed by atoms with Gasteiger partial charge < -0.3 is 0 Å². The number of hydrogen-bond donors (Lipinski definition) is 0. The molecule has 0 spiro atoms. The molecule has 1 aliphatic carbocycles. The van der Waals surface area contributed by atoms with Crippen molar-refractivity contribution in [1.82, 2.24) is 9.97 Å². The van der Waals surface area contributed by atoms with Crippen LogP contribution in [0.25, 0.3) is 55.9 Å². The summed E-state index contributed by atoms with van der Waals surface area (Å²) in [6, 6.07) is 45.9. The second kappa shape index (κ2) is 13.9. The maximum atomic E-state index is 9.19. The number of rotatable bonds is 8. The van der Waals surface area contributed by atoms with Crippen LogP contribution in [0, 0.1) is 6.92 Å². The van der Waals surface area contributed by atoms with Gasteiger partial charge in [-0.25, -0.2) is 0 Å². The molecule has 0 radical (unpaired) electrons. The van der Waals surface area contributed by atoms with Gasteiger partial charge in [0.15, 0.2) is 0 Å². The molecule has 0 saturated carbocycles. The third-order valence-corrected chi connectivity index (χ3v) is 9.45. The van der Waals surface area contributed by atoms with Crippen molar-refractivity contribution in [2.45, 2.75) is 45.4 Å². The van der Waals surface area contributed by atoms with Gasteiger partial charge in [0.2, 0.25) is 0 Å². The van der Waals surface area contributed by atoms with Gasteiger partial charge in [0.25, 0.3) is 0 Å². The predicted molar refractivity (Wildman–Crippen MR) is 204 cm³/mol. The number of pyridine rings is 2. The van der Waals surface area contributed by atoms with Crippen molar-refractivity contribution < 1.29 is 5.48 Å². The summed E-state index contributed by atoms with van der Waals surface area (Å²) in [5, 5.41) is 0. The van der Waals surface area contributed by atoms with Gasteiger partial charge in [-0.15, -0.1) is 0 Å². The highest BCUT2D eigenvalue weighted by molar-refractivity contribution is 5.85. The van der Waals surface area contributed by atoms with Crippen LogP contribution >= 0.6 is 0 Å². The normalized spacial score (nSPS) is 14.2. The van der Waals surface area contributed by atoms with Crippen LogP contribution in [0.2, 0.25) is 0 Å². The number of fused-ring (bicyclic) bond motifs is 1. The molecule has 2 heterocycles. The monoisotopic (exact) mass is 636 g/mol. The molecule has 5 aromatic carbocycles. The van der Waals surface area contributed by atoms with Crippen LogP contribution in [0.1, 0.15) is 46.1 Å². The third-order valence-electron chi connectivity index (χ3n) is 9.45. The molecule has 49 heavy (non-hydrogen) atoms. The van der Waals surface area contributed by atoms with Gasteiger partial charge >= 0.3 is 0 Å². The average molecular weight is 637 g/mol. The number of aryl methyl sites for hydroxylation is 5. The Labute approximate surface area is 295 Å². The maximum Gasteiger partial charge on any atom is 0.0708 e. The molecule has 0 N–H and O–H groups in total. The minimum absolute atomic E-state index is 0.272. The van der Waals surface area contributed by atoms with Crippen molar-refractivity contribution in [3.05, 3.63) is 180 Å². The molecule has 0 saturated heterocycles. The standard InChI is InChI=1S/C47H40N2/c1-33-28-35(14-13-34-15-17-38(18-16-34)46-12-6-7-26-48-46)30-43(29-33)45-11-5-4-10-44(45)37-20-22-39(23-21-37)47-32-42(25-27-49-47)41-24-19-36-8-2-3-9-40(36)31-41/h4-7,10-12,15-32H,2-3,8-9,13-14H2,1H3/i13D2,14D2. The fourth-order valence-electron chi connectivity index (χ4n) is 6.90. The summed E-state index contributed by atoms with van der Waals surface area (Å²) in [7, 11) is 0. The molecule has 0 atom stereocenters. The lowest BCUT2D eigenvalue weighted by Crippen LogP contribution is -2.02. The van der Waals surface area contributed by atoms with Crippen molar-refractivity contribution in [3.8, 4) is 55.9 Å². The van der Waals surface area contributed by atoms with E-state index < -0.39 is 12.7 Å². The fourth-order valence-corrected chi connectivity index (χ4v) is 6.90. The van der Waals surface area contributed by atoms with E-state index in [0.29, 0.717) is 5.56 Å². The molecule has 238 valence electrons. The number of aromatic nitrogens is 2. The molecular weight excluding hydrogens is 593 g/mol. The van der Waals surface area contributed by atoms with E-state index in [9.17, 15) is 2.74 Å². The van der Waals surface area contributed by atoms with E-state index in [1.54, 1.807) is 42.6 Å². The van der Waals surface area contributed by atoms with Crippen LogP contribution in [0.15, 0.2) is 152 Å². The van der Waals surface area contributed by atoms with E-state index in [1.807, 2.05) is 55.6 Å². The molecule has 7 aromatic rings. The van der Waals surface area contributed by atoms with E-state index in [-0.39, 0.29) is 5.56 Å². The van der Waals surface area contributed by atoms with Crippen LogP contribution in [0.4, 0.5) is 0 Å². The predicted octanol–water partition coefficient (Wildman–Crippen LogP) is 11.8. The maximum absolute atomic E-state index is 9.19. The van der Waals surface area contributed by atoms with E-state index in [2.05, 4.69) is 65.6 Å². The smallest absolute Gasteiger partial charge is 0.0708 e. The molecular formula is C47H40N2. The first-order valence-electron chi connectivity index (χ1n) is 19.1. The first-order chi connectivity index (χ1) is 25.7. The Bertz CT molecular complexity index is 2400. The van der Waals surface area contributed by atoms with Crippen LogP contribution in [0.5, 0.6) is 0 Å². The van der Waals surface area contributed by atoms with Gasteiger partial charge in [0.1, 0.15) is 0 Å². The van der Waals surface area contributed by atoms with E-state index in [0.717, 1.165) is 56.8 Å². The van der Waals surface area contributed by atoms with E-state index >= 15 is 0 Å². The highest BCUT2D eigenvalue weighted by Gasteiger charge is 2.13. The summed E-state index contributed by atoms with van der Waals surface area (Å²) >= 11 is 0. The summed E-state index contributed by atoms with van der Waals surface area (Å²) < 4.78 is 36.5. The highest BCUT2D eigenvalue weighted by Crippen LogP contribution is 2.35. The van der Waals surface area contributed by atoms with Gasteiger partial charge in [-0.3, -0.25) is 9.97 Å². The molecule has 2 aromatic heterocycles. The Morgan fingerprint density at radius 1 is 0.469 bits per heavy atom. The Kier molecular flexibility index (Phi) is 7.46. The van der Waals surface area contributed by atoms with Crippen molar-refractivity contribution in [1.29, 1.82) is 0 Å². The molecule has 8 rings (SSSR count). The summed E-state index contributed by atoms with van der Waals surface area (Å²) in [4.78, 5) is 9.11. The van der Waals surface area contributed by atoms with Crippen molar-refractivity contribution in [3.63, 3.8) is 0 Å². The fraction of sp³-hybridized carbons (Fsp3) is 0.149. The molecule has 0 unspecified atom stereocenters. The molecule has 1 aliphatic rings.